The summed E-state index contributed by atoms with van der Waals surface area (Å²) in [7, 11) is 1.81. The fraction of sp³-hybridized carbons (Fsp3) is 1.00. The first-order valence-corrected chi connectivity index (χ1v) is 4.41. The number of likely N-dealkylation sites (N-methyl/N-ethyl adjacent to an activating group) is 1. The third-order valence-electron chi connectivity index (χ3n) is 1.92. The molecule has 0 heterocycles. The molecular weight excluding hydrogens is 176 g/mol. The molecule has 0 aliphatic carbocycles. The second kappa shape index (κ2) is 5.50. The summed E-state index contributed by atoms with van der Waals surface area (Å²) < 4.78 is 28.3. The number of hydrogen-bond acceptors (Lipinski definition) is 2. The van der Waals surface area contributed by atoms with Gasteiger partial charge in [0.25, 0.3) is 6.43 Å². The molecule has 0 aromatic rings. The topological polar surface area (TPSA) is 21.3 Å². The van der Waals surface area contributed by atoms with E-state index in [9.17, 15) is 8.78 Å². The molecule has 1 N–H and O–H groups in total. The summed E-state index contributed by atoms with van der Waals surface area (Å²) >= 11 is 0. The molecule has 80 valence electrons. The lowest BCUT2D eigenvalue weighted by Gasteiger charge is -2.30. The largest absolute Gasteiger partial charge is 0.374 e. The molecule has 0 aliphatic heterocycles. The van der Waals surface area contributed by atoms with Crippen LogP contribution < -0.4 is 5.32 Å². The Morgan fingerprint density at radius 3 is 2.08 bits per heavy atom. The molecule has 0 amide bonds. The molecule has 0 aromatic heterocycles. The fourth-order valence-corrected chi connectivity index (χ4v) is 1.04. The van der Waals surface area contributed by atoms with Crippen molar-refractivity contribution in [3.05, 3.63) is 0 Å². The number of nitrogens with one attached hydrogen (secondary N) is 1. The maximum Gasteiger partial charge on any atom is 0.261 e. The van der Waals surface area contributed by atoms with Crippen LogP contribution in [0.4, 0.5) is 8.78 Å². The SMILES string of the molecule is CNC(COCC(F)F)C(C)(C)C. The lowest BCUT2D eigenvalue weighted by Crippen LogP contribution is -2.42. The third-order valence-corrected chi connectivity index (χ3v) is 1.92. The minimum atomic E-state index is -2.38. The van der Waals surface area contributed by atoms with Crippen LogP contribution in [0.3, 0.4) is 0 Å². The highest BCUT2D eigenvalue weighted by molar-refractivity contribution is 4.78. The van der Waals surface area contributed by atoms with Gasteiger partial charge in [-0.3, -0.25) is 0 Å². The van der Waals surface area contributed by atoms with Gasteiger partial charge in [-0.05, 0) is 12.5 Å². The molecule has 0 fully saturated rings. The van der Waals surface area contributed by atoms with Crippen LogP contribution in [0.2, 0.25) is 0 Å². The molecule has 0 aromatic carbocycles. The van der Waals surface area contributed by atoms with Gasteiger partial charge >= 0.3 is 0 Å². The molecule has 0 radical (unpaired) electrons. The van der Waals surface area contributed by atoms with Gasteiger partial charge in [-0.25, -0.2) is 8.78 Å². The monoisotopic (exact) mass is 195 g/mol. The van der Waals surface area contributed by atoms with E-state index in [-0.39, 0.29) is 11.5 Å². The average molecular weight is 195 g/mol. The van der Waals surface area contributed by atoms with Crippen LogP contribution in [0.1, 0.15) is 20.8 Å². The highest BCUT2D eigenvalue weighted by Gasteiger charge is 2.23. The van der Waals surface area contributed by atoms with Crippen LogP contribution >= 0.6 is 0 Å². The maximum absolute atomic E-state index is 11.7. The standard InChI is InChI=1S/C9H19F2NO/c1-9(2,3)7(12-4)5-13-6-8(10)11/h7-8,12H,5-6H2,1-4H3. The van der Waals surface area contributed by atoms with Crippen molar-refractivity contribution in [2.75, 3.05) is 20.3 Å². The van der Waals surface area contributed by atoms with Crippen LogP contribution in [0.15, 0.2) is 0 Å². The molecule has 0 saturated heterocycles. The van der Waals surface area contributed by atoms with Crippen molar-refractivity contribution in [3.8, 4) is 0 Å². The molecule has 0 spiro atoms. The van der Waals surface area contributed by atoms with Gasteiger partial charge in [0.1, 0.15) is 6.61 Å². The lowest BCUT2D eigenvalue weighted by molar-refractivity contribution is -0.00159. The summed E-state index contributed by atoms with van der Waals surface area (Å²) in [4.78, 5) is 0. The smallest absolute Gasteiger partial charge is 0.261 e. The summed E-state index contributed by atoms with van der Waals surface area (Å²) in [5, 5.41) is 3.05. The van der Waals surface area contributed by atoms with Gasteiger partial charge in [-0.2, -0.15) is 0 Å². The van der Waals surface area contributed by atoms with Gasteiger partial charge in [0, 0.05) is 6.04 Å². The van der Waals surface area contributed by atoms with Crippen molar-refractivity contribution < 1.29 is 13.5 Å². The van der Waals surface area contributed by atoms with Crippen LogP contribution in [0.5, 0.6) is 0 Å². The molecule has 0 aliphatic rings. The van der Waals surface area contributed by atoms with E-state index in [0.717, 1.165) is 0 Å². The van der Waals surface area contributed by atoms with E-state index in [1.807, 2.05) is 27.8 Å². The van der Waals surface area contributed by atoms with Crippen molar-refractivity contribution in [3.63, 3.8) is 0 Å². The third kappa shape index (κ3) is 5.93. The first-order valence-electron chi connectivity index (χ1n) is 4.41. The number of rotatable bonds is 5. The van der Waals surface area contributed by atoms with Gasteiger partial charge < -0.3 is 10.1 Å². The van der Waals surface area contributed by atoms with E-state index in [1.165, 1.54) is 0 Å². The highest BCUT2D eigenvalue weighted by atomic mass is 19.3. The van der Waals surface area contributed by atoms with Crippen LogP contribution in [0.25, 0.3) is 0 Å². The normalized spacial score (nSPS) is 15.0. The van der Waals surface area contributed by atoms with E-state index in [4.69, 9.17) is 4.74 Å². The van der Waals surface area contributed by atoms with Crippen molar-refractivity contribution in [2.45, 2.75) is 33.2 Å². The van der Waals surface area contributed by atoms with Crippen molar-refractivity contribution >= 4 is 0 Å². The summed E-state index contributed by atoms with van der Waals surface area (Å²) in [5.41, 5.74) is 0.0247. The minimum Gasteiger partial charge on any atom is -0.374 e. The second-order valence-electron chi connectivity index (χ2n) is 4.14. The first-order chi connectivity index (χ1) is 5.88. The van der Waals surface area contributed by atoms with Crippen LogP contribution in [-0.2, 0) is 4.74 Å². The summed E-state index contributed by atoms with van der Waals surface area (Å²) in [5.74, 6) is 0. The summed E-state index contributed by atoms with van der Waals surface area (Å²) in [6.07, 6.45) is -2.38. The number of hydrogen-bond donors (Lipinski definition) is 1. The Kier molecular flexibility index (Phi) is 5.40. The number of halogens is 2. The number of ether oxygens (including phenoxy) is 1. The second-order valence-corrected chi connectivity index (χ2v) is 4.14. The van der Waals surface area contributed by atoms with Gasteiger partial charge in [0.2, 0.25) is 0 Å². The molecule has 0 bridgehead atoms. The number of alkyl halides is 2. The summed E-state index contributed by atoms with van der Waals surface area (Å²) in [6, 6.07) is 0.103. The molecule has 13 heavy (non-hydrogen) atoms. The Labute approximate surface area is 78.7 Å². The van der Waals surface area contributed by atoms with Gasteiger partial charge in [-0.1, -0.05) is 20.8 Å². The molecular formula is C9H19F2NO. The molecule has 0 saturated carbocycles. The average Bonchev–Trinajstić information content (AvgIpc) is 1.95. The van der Waals surface area contributed by atoms with Crippen LogP contribution in [-0.4, -0.2) is 32.7 Å². The first kappa shape index (κ1) is 12.8. The zero-order valence-corrected chi connectivity index (χ0v) is 8.73. The zero-order valence-electron chi connectivity index (χ0n) is 8.73. The van der Waals surface area contributed by atoms with Crippen LogP contribution in [0, 0.1) is 5.41 Å². The van der Waals surface area contributed by atoms with E-state index < -0.39 is 13.0 Å². The lowest BCUT2D eigenvalue weighted by atomic mass is 9.87. The Morgan fingerprint density at radius 1 is 1.23 bits per heavy atom. The Balaban J connectivity index is 3.73. The summed E-state index contributed by atoms with van der Waals surface area (Å²) in [6.45, 7) is 5.97. The molecule has 1 unspecified atom stereocenters. The quantitative estimate of drug-likeness (QED) is 0.723. The maximum atomic E-state index is 11.7. The Hall–Kier alpha value is -0.220. The minimum absolute atomic E-state index is 0.0247. The van der Waals surface area contributed by atoms with E-state index in [2.05, 4.69) is 5.32 Å². The van der Waals surface area contributed by atoms with E-state index in [1.54, 1.807) is 0 Å². The van der Waals surface area contributed by atoms with Crippen molar-refractivity contribution in [2.24, 2.45) is 5.41 Å². The van der Waals surface area contributed by atoms with Crippen molar-refractivity contribution in [1.82, 2.24) is 5.32 Å². The van der Waals surface area contributed by atoms with Gasteiger partial charge in [-0.15, -0.1) is 0 Å². The molecule has 4 heteroatoms. The predicted octanol–water partition coefficient (Wildman–Crippen LogP) is 1.90. The Morgan fingerprint density at radius 2 is 1.77 bits per heavy atom. The van der Waals surface area contributed by atoms with Crippen molar-refractivity contribution in [1.29, 1.82) is 0 Å². The fourth-order valence-electron chi connectivity index (χ4n) is 1.04. The zero-order chi connectivity index (χ0) is 10.5. The highest BCUT2D eigenvalue weighted by Crippen LogP contribution is 2.19. The molecule has 0 rings (SSSR count). The molecule has 1 atom stereocenters. The van der Waals surface area contributed by atoms with E-state index >= 15 is 0 Å². The predicted molar refractivity (Wildman–Crippen MR) is 49.1 cm³/mol. The Bertz CT molecular complexity index is 134. The van der Waals surface area contributed by atoms with Gasteiger partial charge in [0.05, 0.1) is 6.61 Å². The molecule has 2 nitrogen and oxygen atoms in total. The van der Waals surface area contributed by atoms with E-state index in [0.29, 0.717) is 6.61 Å². The van der Waals surface area contributed by atoms with Gasteiger partial charge in [0.15, 0.2) is 0 Å².